The average Bonchev–Trinajstić information content (AvgIpc) is 3.08. The van der Waals surface area contributed by atoms with Crippen LogP contribution in [0.25, 0.3) is 11.4 Å². The van der Waals surface area contributed by atoms with Gasteiger partial charge in [-0.05, 0) is 23.8 Å². The number of nitrogens with zero attached hydrogens (tertiary/aromatic N) is 4. The average molecular weight is 432 g/mol. The first-order valence-corrected chi connectivity index (χ1v) is 10.0. The van der Waals surface area contributed by atoms with Crippen LogP contribution in [0.2, 0.25) is 10.0 Å². The van der Waals surface area contributed by atoms with Gasteiger partial charge in [-0.2, -0.15) is 5.26 Å². The molecule has 0 unspecified atom stereocenters. The Morgan fingerprint density at radius 1 is 1.18 bits per heavy atom. The lowest BCUT2D eigenvalue weighted by atomic mass is 10.2. The van der Waals surface area contributed by atoms with Gasteiger partial charge in [-0.3, -0.25) is 9.36 Å². The fourth-order valence-electron chi connectivity index (χ4n) is 2.49. The summed E-state index contributed by atoms with van der Waals surface area (Å²) in [6, 6.07) is 16.9. The van der Waals surface area contributed by atoms with E-state index in [9.17, 15) is 4.79 Å². The summed E-state index contributed by atoms with van der Waals surface area (Å²) >= 11 is 13.6. The number of carbonyl (C=O) groups is 1. The van der Waals surface area contributed by atoms with E-state index in [1.807, 2.05) is 41.0 Å². The third kappa shape index (κ3) is 5.04. The molecule has 3 rings (SSSR count). The zero-order chi connectivity index (χ0) is 19.9. The molecule has 2 aromatic carbocycles. The number of nitrogens with one attached hydrogen (secondary N) is 1. The monoisotopic (exact) mass is 431 g/mol. The van der Waals surface area contributed by atoms with Gasteiger partial charge in [-0.25, -0.2) is 0 Å². The molecule has 3 aromatic rings. The first-order valence-electron chi connectivity index (χ1n) is 8.27. The molecule has 0 saturated heterocycles. The number of nitriles is 1. The molecule has 1 aromatic heterocycles. The summed E-state index contributed by atoms with van der Waals surface area (Å²) in [4.78, 5) is 11.8. The van der Waals surface area contributed by atoms with Gasteiger partial charge < -0.3 is 5.32 Å². The van der Waals surface area contributed by atoms with Gasteiger partial charge in [0, 0.05) is 10.6 Å². The van der Waals surface area contributed by atoms with Crippen molar-refractivity contribution >= 4 is 40.9 Å². The van der Waals surface area contributed by atoms with Crippen LogP contribution >= 0.6 is 35.0 Å². The maximum atomic E-state index is 11.8. The Balaban J connectivity index is 1.92. The van der Waals surface area contributed by atoms with E-state index < -0.39 is 0 Å². The van der Waals surface area contributed by atoms with Crippen molar-refractivity contribution in [3.05, 3.63) is 64.1 Å². The molecule has 0 fully saturated rings. The first kappa shape index (κ1) is 20.2. The van der Waals surface area contributed by atoms with Crippen molar-refractivity contribution in [2.75, 3.05) is 12.3 Å². The normalized spacial score (nSPS) is 10.5. The van der Waals surface area contributed by atoms with Crippen LogP contribution in [-0.4, -0.2) is 33.0 Å². The molecule has 0 radical (unpaired) electrons. The minimum atomic E-state index is -0.244. The fraction of sp³-hybridized carbons (Fsp3) is 0.158. The summed E-state index contributed by atoms with van der Waals surface area (Å²) in [5.41, 5.74) is 1.76. The summed E-state index contributed by atoms with van der Waals surface area (Å²) in [5.74, 6) is 0.473. The molecule has 0 aliphatic rings. The van der Waals surface area contributed by atoms with Crippen LogP contribution in [0.4, 0.5) is 0 Å². The maximum Gasteiger partial charge on any atom is 0.231 e. The highest BCUT2D eigenvalue weighted by molar-refractivity contribution is 7.99. The maximum absolute atomic E-state index is 11.8. The van der Waals surface area contributed by atoms with Crippen LogP contribution in [0.3, 0.4) is 0 Å². The van der Waals surface area contributed by atoms with Crippen molar-refractivity contribution in [2.45, 2.75) is 11.7 Å². The van der Waals surface area contributed by atoms with Crippen molar-refractivity contribution in [3.63, 3.8) is 0 Å². The molecule has 0 atom stereocenters. The highest BCUT2D eigenvalue weighted by Gasteiger charge is 2.18. The number of carbonyl (C=O) groups excluding carboxylic acids is 1. The molecular weight excluding hydrogens is 417 g/mol. The van der Waals surface area contributed by atoms with Crippen LogP contribution in [0.1, 0.15) is 5.56 Å². The molecular formula is C19H15Cl2N5OS. The van der Waals surface area contributed by atoms with Gasteiger partial charge in [-0.15, -0.1) is 10.2 Å². The number of aromatic nitrogens is 3. The Morgan fingerprint density at radius 3 is 2.68 bits per heavy atom. The van der Waals surface area contributed by atoms with Crippen LogP contribution in [0.5, 0.6) is 0 Å². The number of rotatable bonds is 7. The zero-order valence-electron chi connectivity index (χ0n) is 14.6. The van der Waals surface area contributed by atoms with E-state index in [-0.39, 0.29) is 18.2 Å². The molecule has 6 nitrogen and oxygen atoms in total. The second kappa shape index (κ2) is 9.60. The molecule has 0 aliphatic heterocycles. The Morgan fingerprint density at radius 2 is 1.96 bits per heavy atom. The smallest absolute Gasteiger partial charge is 0.231 e. The Hall–Kier alpha value is -2.53. The minimum absolute atomic E-state index is 0.0261. The second-order valence-electron chi connectivity index (χ2n) is 5.73. The van der Waals surface area contributed by atoms with Gasteiger partial charge in [0.15, 0.2) is 11.0 Å². The molecule has 1 amide bonds. The Labute approximate surface area is 176 Å². The molecule has 1 heterocycles. The van der Waals surface area contributed by atoms with Gasteiger partial charge in [0.1, 0.15) is 6.54 Å². The van der Waals surface area contributed by atoms with Crippen LogP contribution in [0, 0.1) is 11.3 Å². The molecule has 142 valence electrons. The van der Waals surface area contributed by atoms with Gasteiger partial charge in [0.2, 0.25) is 5.91 Å². The highest BCUT2D eigenvalue weighted by Crippen LogP contribution is 2.32. The van der Waals surface area contributed by atoms with Gasteiger partial charge >= 0.3 is 0 Å². The number of thioether (sulfide) groups is 1. The predicted octanol–water partition coefficient (Wildman–Crippen LogP) is 4.03. The molecule has 0 saturated carbocycles. The lowest BCUT2D eigenvalue weighted by molar-refractivity contribution is -0.118. The van der Waals surface area contributed by atoms with Crippen molar-refractivity contribution in [3.8, 4) is 17.5 Å². The van der Waals surface area contributed by atoms with E-state index in [1.165, 1.54) is 11.8 Å². The van der Waals surface area contributed by atoms with E-state index in [0.717, 1.165) is 5.56 Å². The van der Waals surface area contributed by atoms with Crippen molar-refractivity contribution in [2.24, 2.45) is 0 Å². The molecule has 1 N–H and O–H groups in total. The van der Waals surface area contributed by atoms with Crippen LogP contribution in [0.15, 0.2) is 53.7 Å². The minimum Gasteiger partial charge on any atom is -0.342 e. The van der Waals surface area contributed by atoms with Crippen molar-refractivity contribution in [1.29, 1.82) is 5.26 Å². The zero-order valence-corrected chi connectivity index (χ0v) is 16.9. The number of halogens is 2. The first-order chi connectivity index (χ1) is 13.6. The molecule has 28 heavy (non-hydrogen) atoms. The fourth-order valence-corrected chi connectivity index (χ4v) is 3.75. The topological polar surface area (TPSA) is 83.6 Å². The number of hydrogen-bond acceptors (Lipinski definition) is 5. The highest BCUT2D eigenvalue weighted by atomic mass is 35.5. The number of amides is 1. The summed E-state index contributed by atoms with van der Waals surface area (Å²) in [5, 5.41) is 21.2. The quantitative estimate of drug-likeness (QED) is 0.450. The molecule has 0 aliphatic carbocycles. The van der Waals surface area contributed by atoms with E-state index in [1.54, 1.807) is 18.2 Å². The largest absolute Gasteiger partial charge is 0.342 e. The third-order valence-corrected chi connectivity index (χ3v) is 5.28. The predicted molar refractivity (Wildman–Crippen MR) is 110 cm³/mol. The second-order valence-corrected chi connectivity index (χ2v) is 7.51. The third-order valence-electron chi connectivity index (χ3n) is 3.77. The lowest BCUT2D eigenvalue weighted by Crippen LogP contribution is -2.25. The lowest BCUT2D eigenvalue weighted by Gasteiger charge is -2.11. The number of benzene rings is 2. The molecule has 0 bridgehead atoms. The van der Waals surface area contributed by atoms with Gasteiger partial charge in [0.05, 0.1) is 23.4 Å². The summed E-state index contributed by atoms with van der Waals surface area (Å²) in [6.07, 6.45) is 0. The standard InChI is InChI=1S/C19H15Cl2N5OS/c20-14-6-7-15(16(21)10-14)18-24-25-19(28-12-17(27)23-9-8-22)26(18)11-13-4-2-1-3-5-13/h1-7,10H,9,11-12H2,(H,23,27). The SMILES string of the molecule is N#CCNC(=O)CSc1nnc(-c2ccc(Cl)cc2Cl)n1Cc1ccccc1. The molecule has 0 spiro atoms. The Bertz CT molecular complexity index is 1020. The summed E-state index contributed by atoms with van der Waals surface area (Å²) in [6.45, 7) is 0.492. The van der Waals surface area contributed by atoms with Crippen LogP contribution < -0.4 is 5.32 Å². The van der Waals surface area contributed by atoms with Gasteiger partial charge in [-0.1, -0.05) is 65.3 Å². The van der Waals surface area contributed by atoms with E-state index in [2.05, 4.69) is 15.5 Å². The van der Waals surface area contributed by atoms with E-state index >= 15 is 0 Å². The van der Waals surface area contributed by atoms with Crippen LogP contribution in [-0.2, 0) is 11.3 Å². The Kier molecular flexibility index (Phi) is 6.93. The summed E-state index contributed by atoms with van der Waals surface area (Å²) in [7, 11) is 0. The van der Waals surface area contributed by atoms with E-state index in [0.29, 0.717) is 33.1 Å². The van der Waals surface area contributed by atoms with Gasteiger partial charge in [0.25, 0.3) is 0 Å². The molecule has 9 heteroatoms. The van der Waals surface area contributed by atoms with E-state index in [4.69, 9.17) is 28.5 Å². The van der Waals surface area contributed by atoms with Crippen molar-refractivity contribution < 1.29 is 4.79 Å². The summed E-state index contributed by atoms with van der Waals surface area (Å²) < 4.78 is 1.91. The van der Waals surface area contributed by atoms with Crippen molar-refractivity contribution in [1.82, 2.24) is 20.1 Å². The number of hydrogen-bond donors (Lipinski definition) is 1.